The molecular formula is C54H30O3. The average molecular weight is 727 g/mol. The van der Waals surface area contributed by atoms with E-state index >= 15 is 0 Å². The maximum Gasteiger partial charge on any atom is 0.305 e. The second kappa shape index (κ2) is 7.80. The SMILES string of the molecule is COCCOC(=O)CCCC1(c2ccccc2)C23C4=c5ccc6c7c8c9c(c2c57)c2c5c7c(ccc%10c%11ccc%12c%13c(c9c2c(c%13%11)c7%10)C2C=%12C=CC=6C82)=C(C=C4)C513. The molecule has 1 saturated carbocycles. The molecule has 9 aromatic carbocycles. The van der Waals surface area contributed by atoms with E-state index in [4.69, 9.17) is 9.47 Å². The zero-order chi connectivity index (χ0) is 36.4. The number of allylic oxidation sites excluding steroid dienone is 4. The van der Waals surface area contributed by atoms with Crippen LogP contribution < -0.4 is 20.9 Å². The Morgan fingerprint density at radius 2 is 1.12 bits per heavy atom. The van der Waals surface area contributed by atoms with Gasteiger partial charge in [0, 0.05) is 41.6 Å². The molecule has 9 aliphatic carbocycles. The molecule has 1 fully saturated rings. The lowest BCUT2D eigenvalue weighted by Crippen LogP contribution is -2.27. The highest BCUT2D eigenvalue weighted by molar-refractivity contribution is 6.53. The van der Waals surface area contributed by atoms with Crippen LogP contribution in [0.3, 0.4) is 0 Å². The summed E-state index contributed by atoms with van der Waals surface area (Å²) in [6.07, 6.45) is 12.2. The molecule has 3 nitrogen and oxygen atoms in total. The van der Waals surface area contributed by atoms with E-state index in [0.717, 1.165) is 12.8 Å². The fourth-order valence-electron chi connectivity index (χ4n) is 16.9. The van der Waals surface area contributed by atoms with Gasteiger partial charge in [-0.3, -0.25) is 4.79 Å². The van der Waals surface area contributed by atoms with Crippen molar-refractivity contribution >= 4 is 104 Å². The first-order valence-corrected chi connectivity index (χ1v) is 21.1. The van der Waals surface area contributed by atoms with Gasteiger partial charge in [0.2, 0.25) is 0 Å². The maximum atomic E-state index is 13.4. The van der Waals surface area contributed by atoms with E-state index in [0.29, 0.717) is 31.5 Å². The Balaban J connectivity index is 1.13. The molecule has 5 unspecified atom stereocenters. The molecule has 9 aromatic rings. The van der Waals surface area contributed by atoms with Gasteiger partial charge in [0.15, 0.2) is 0 Å². The van der Waals surface area contributed by atoms with Crippen LogP contribution in [0.4, 0.5) is 0 Å². The molecule has 0 saturated heterocycles. The van der Waals surface area contributed by atoms with Crippen LogP contribution in [0.15, 0.2) is 91.0 Å². The molecular weight excluding hydrogens is 697 g/mol. The molecule has 57 heavy (non-hydrogen) atoms. The zero-order valence-electron chi connectivity index (χ0n) is 31.1. The number of methoxy groups -OCH3 is 1. The van der Waals surface area contributed by atoms with Crippen LogP contribution in [0.5, 0.6) is 0 Å². The van der Waals surface area contributed by atoms with E-state index in [1.165, 1.54) is 75.5 Å². The summed E-state index contributed by atoms with van der Waals surface area (Å²) in [4.78, 5) is 13.4. The van der Waals surface area contributed by atoms with E-state index in [-0.39, 0.29) is 22.2 Å². The lowest BCUT2D eigenvalue weighted by Gasteiger charge is -2.35. The standard InChI is InChI=1S/C54H30O3/c1-56-20-21-57-33(55)8-5-19-52(22-6-3-2-4-7-22)53-31-17-18-32-30-16-14-28-26-12-10-24-23-9-11-25-27-13-15-29(31)40-38(27)43-36(25)34(23)42-35(24)37(26)44-39(28)41(30)51(54(32,52)53)49-47(44)45(42)46(43)48(49)50(40)53/h2-4,6-7,9-18,34,36H,5,8,19-21H2,1H3. The van der Waals surface area contributed by atoms with Crippen molar-refractivity contribution in [2.45, 2.75) is 47.3 Å². The summed E-state index contributed by atoms with van der Waals surface area (Å²) < 4.78 is 10.9. The summed E-state index contributed by atoms with van der Waals surface area (Å²) >= 11 is 0. The fourth-order valence-corrected chi connectivity index (χ4v) is 16.9. The minimum absolute atomic E-state index is 0.125. The number of rotatable bonds is 8. The maximum absolute atomic E-state index is 13.4. The minimum atomic E-state index is -0.291. The number of carbonyl (C=O) groups excluding carboxylic acids is 1. The number of benzene rings is 7. The van der Waals surface area contributed by atoms with Crippen LogP contribution in [0.2, 0.25) is 0 Å². The lowest BCUT2D eigenvalue weighted by atomic mass is 9.67. The Hall–Kier alpha value is -6.03. The van der Waals surface area contributed by atoms with Crippen LogP contribution in [-0.4, -0.2) is 26.3 Å². The number of fused-ring (bicyclic) bond motifs is 1. The predicted octanol–water partition coefficient (Wildman–Crippen LogP) is 7.85. The van der Waals surface area contributed by atoms with Gasteiger partial charge in [-0.2, -0.15) is 0 Å². The lowest BCUT2D eigenvalue weighted by molar-refractivity contribution is -0.145. The van der Waals surface area contributed by atoms with Gasteiger partial charge in [-0.15, -0.1) is 0 Å². The van der Waals surface area contributed by atoms with Gasteiger partial charge in [0.1, 0.15) is 6.61 Å². The van der Waals surface area contributed by atoms with Crippen LogP contribution in [0.25, 0.3) is 97.7 Å². The van der Waals surface area contributed by atoms with Crippen molar-refractivity contribution in [3.8, 4) is 0 Å². The zero-order valence-corrected chi connectivity index (χ0v) is 31.1. The van der Waals surface area contributed by atoms with Crippen molar-refractivity contribution in [2.75, 3.05) is 20.3 Å². The summed E-state index contributed by atoms with van der Waals surface area (Å²) in [5.41, 5.74) is 13.1. The Kier molecular flexibility index (Phi) is 3.77. The third-order valence-electron chi connectivity index (χ3n) is 17.8. The third kappa shape index (κ3) is 2.10. The Morgan fingerprint density at radius 1 is 0.561 bits per heavy atom. The number of ether oxygens (including phenoxy) is 2. The first kappa shape index (κ1) is 27.5. The largest absolute Gasteiger partial charge is 0.463 e. The second-order valence-electron chi connectivity index (χ2n) is 18.8. The summed E-state index contributed by atoms with van der Waals surface area (Å²) in [6, 6.07) is 26.6. The average Bonchev–Trinajstić information content (AvgIpc) is 3.89. The Labute approximate surface area is 324 Å². The van der Waals surface area contributed by atoms with E-state index in [9.17, 15) is 4.79 Å². The van der Waals surface area contributed by atoms with Crippen molar-refractivity contribution in [1.82, 2.24) is 0 Å². The highest BCUT2D eigenvalue weighted by Crippen LogP contribution is 2.92. The molecule has 0 aromatic heterocycles. The molecule has 0 aliphatic heterocycles. The van der Waals surface area contributed by atoms with Crippen molar-refractivity contribution in [2.24, 2.45) is 0 Å². The van der Waals surface area contributed by atoms with Gasteiger partial charge >= 0.3 is 5.97 Å². The highest BCUT2D eigenvalue weighted by Gasteiger charge is 2.93. The van der Waals surface area contributed by atoms with Crippen LogP contribution in [0.1, 0.15) is 58.9 Å². The first-order chi connectivity index (χ1) is 28.2. The summed E-state index contributed by atoms with van der Waals surface area (Å²) in [7, 11) is 1.65. The van der Waals surface area contributed by atoms with E-state index in [1.807, 2.05) is 0 Å². The molecule has 0 radical (unpaired) electrons. The van der Waals surface area contributed by atoms with Gasteiger partial charge in [0.05, 0.1) is 6.61 Å². The second-order valence-corrected chi connectivity index (χ2v) is 18.8. The molecule has 5 atom stereocenters. The van der Waals surface area contributed by atoms with Crippen LogP contribution in [0, 0.1) is 0 Å². The number of esters is 1. The molecule has 2 spiro atoms. The number of hydrogen-bond donors (Lipinski definition) is 0. The molecule has 264 valence electrons. The summed E-state index contributed by atoms with van der Waals surface area (Å²) in [5.74, 6) is 0.607. The monoisotopic (exact) mass is 726 g/mol. The highest BCUT2D eigenvalue weighted by atomic mass is 16.6. The smallest absolute Gasteiger partial charge is 0.305 e. The fraction of sp³-hybridized carbons (Fsp3) is 0.204. The Bertz CT molecular complexity index is 4050. The van der Waals surface area contributed by atoms with Crippen molar-refractivity contribution in [3.05, 3.63) is 140 Å². The predicted molar refractivity (Wildman–Crippen MR) is 227 cm³/mol. The van der Waals surface area contributed by atoms with E-state index in [1.54, 1.807) is 78.0 Å². The van der Waals surface area contributed by atoms with Crippen LogP contribution in [-0.2, 0) is 30.5 Å². The van der Waals surface area contributed by atoms with Gasteiger partial charge < -0.3 is 9.47 Å². The quantitative estimate of drug-likeness (QED) is 0.0910. The topological polar surface area (TPSA) is 35.5 Å². The third-order valence-corrected chi connectivity index (χ3v) is 17.8. The van der Waals surface area contributed by atoms with Gasteiger partial charge in [0.25, 0.3) is 0 Å². The molecule has 0 bridgehead atoms. The van der Waals surface area contributed by atoms with E-state index < -0.39 is 0 Å². The molecule has 3 heteroatoms. The molecule has 9 aliphatic rings. The minimum Gasteiger partial charge on any atom is -0.463 e. The molecule has 0 heterocycles. The van der Waals surface area contributed by atoms with Crippen molar-refractivity contribution in [1.29, 1.82) is 0 Å². The number of hydrogen-bond acceptors (Lipinski definition) is 3. The summed E-state index contributed by atoms with van der Waals surface area (Å²) in [6.45, 7) is 0.720. The molecule has 0 N–H and O–H groups in total. The molecule has 18 rings (SSSR count). The van der Waals surface area contributed by atoms with Gasteiger partial charge in [-0.1, -0.05) is 91.0 Å². The van der Waals surface area contributed by atoms with E-state index in [2.05, 4.69) is 91.0 Å². The van der Waals surface area contributed by atoms with Crippen molar-refractivity contribution in [3.63, 3.8) is 0 Å². The first-order valence-electron chi connectivity index (χ1n) is 21.1. The normalized spacial score (nSPS) is 28.2. The number of carbonyl (C=O) groups is 1. The Morgan fingerprint density at radius 3 is 1.82 bits per heavy atom. The van der Waals surface area contributed by atoms with Gasteiger partial charge in [-0.25, -0.2) is 0 Å². The van der Waals surface area contributed by atoms with Crippen molar-refractivity contribution < 1.29 is 14.3 Å². The van der Waals surface area contributed by atoms with Gasteiger partial charge in [-0.05, 0) is 159 Å². The summed E-state index contributed by atoms with van der Waals surface area (Å²) in [5, 5.41) is 27.4. The molecule has 0 amide bonds. The van der Waals surface area contributed by atoms with Crippen LogP contribution >= 0.6 is 0 Å².